The maximum absolute atomic E-state index is 13.0. The number of nitro benzene ring substituents is 1. The van der Waals surface area contributed by atoms with Gasteiger partial charge in [-0.2, -0.15) is 0 Å². The number of carbonyl (C=O) groups excluding carboxylic acids is 1. The second-order valence-corrected chi connectivity index (χ2v) is 8.68. The van der Waals surface area contributed by atoms with Gasteiger partial charge in [-0.15, -0.1) is 0 Å². The van der Waals surface area contributed by atoms with Crippen LogP contribution in [-0.2, 0) is 11.3 Å². The Hall–Kier alpha value is -2.11. The minimum atomic E-state index is -0.413. The molecule has 1 amide bonds. The number of benzene rings is 1. The van der Waals surface area contributed by atoms with E-state index in [-0.39, 0.29) is 18.4 Å². The van der Waals surface area contributed by atoms with Crippen molar-refractivity contribution in [1.29, 1.82) is 0 Å². The number of nitro groups is 1. The van der Waals surface area contributed by atoms with Gasteiger partial charge in [-0.1, -0.05) is 72.3 Å². The lowest BCUT2D eigenvalue weighted by molar-refractivity contribution is -0.385. The van der Waals surface area contributed by atoms with Crippen LogP contribution in [0.4, 0.5) is 10.5 Å². The number of nitrogens with zero attached hydrogens (tertiary/aromatic N) is 2. The van der Waals surface area contributed by atoms with Gasteiger partial charge in [-0.3, -0.25) is 10.1 Å². The quantitative estimate of drug-likeness (QED) is 0.215. The first-order valence-corrected chi connectivity index (χ1v) is 12.0. The molecule has 1 aromatic rings. The van der Waals surface area contributed by atoms with E-state index >= 15 is 0 Å². The maximum atomic E-state index is 13.0. The van der Waals surface area contributed by atoms with Gasteiger partial charge < -0.3 is 9.64 Å². The number of hydrogen-bond acceptors (Lipinski definition) is 4. The van der Waals surface area contributed by atoms with E-state index in [1.165, 1.54) is 6.07 Å². The van der Waals surface area contributed by atoms with Crippen molar-refractivity contribution in [3.63, 3.8) is 0 Å². The average Bonchev–Trinajstić information content (AvgIpc) is 2.76. The van der Waals surface area contributed by atoms with Crippen molar-refractivity contribution in [3.05, 3.63) is 39.4 Å². The van der Waals surface area contributed by atoms with Crippen LogP contribution in [0.1, 0.15) is 90.2 Å². The summed E-state index contributed by atoms with van der Waals surface area (Å²) in [5.74, 6) is 0.898. The van der Waals surface area contributed by atoms with Gasteiger partial charge in [0.2, 0.25) is 0 Å². The first kappa shape index (κ1) is 26.9. The zero-order valence-electron chi connectivity index (χ0n) is 20.2. The van der Waals surface area contributed by atoms with Crippen LogP contribution in [0.5, 0.6) is 0 Å². The molecule has 1 aromatic carbocycles. The maximum Gasteiger partial charge on any atom is 0.410 e. The SMILES string of the molecule is CCCCC(CC)CN(CC(CC)CCCC)C(=O)OCc1ccc(C)cc1[N+](=O)[O-]. The molecule has 0 N–H and O–H groups in total. The van der Waals surface area contributed by atoms with Gasteiger partial charge in [0.25, 0.3) is 5.69 Å². The number of carbonyl (C=O) groups is 1. The van der Waals surface area contributed by atoms with Gasteiger partial charge in [-0.25, -0.2) is 4.79 Å². The highest BCUT2D eigenvalue weighted by atomic mass is 16.6. The Kier molecular flexibility index (Phi) is 12.9. The Morgan fingerprint density at radius 1 is 1.03 bits per heavy atom. The predicted molar refractivity (Wildman–Crippen MR) is 126 cm³/mol. The first-order valence-electron chi connectivity index (χ1n) is 12.0. The molecule has 176 valence electrons. The molecule has 0 aromatic heterocycles. The second-order valence-electron chi connectivity index (χ2n) is 8.68. The number of unbranched alkanes of at least 4 members (excludes halogenated alkanes) is 2. The molecule has 6 heteroatoms. The fraction of sp³-hybridized carbons (Fsp3) is 0.720. The van der Waals surface area contributed by atoms with E-state index < -0.39 is 4.92 Å². The highest BCUT2D eigenvalue weighted by molar-refractivity contribution is 5.67. The Bertz CT molecular complexity index is 659. The zero-order chi connectivity index (χ0) is 23.2. The molecule has 0 heterocycles. The molecule has 31 heavy (non-hydrogen) atoms. The van der Waals surface area contributed by atoms with Crippen LogP contribution in [0, 0.1) is 28.9 Å². The summed E-state index contributed by atoms with van der Waals surface area (Å²) in [7, 11) is 0. The van der Waals surface area contributed by atoms with Crippen molar-refractivity contribution in [2.45, 2.75) is 92.6 Å². The number of aryl methyl sites for hydroxylation is 1. The number of ether oxygens (including phenoxy) is 1. The lowest BCUT2D eigenvalue weighted by Crippen LogP contribution is -2.39. The lowest BCUT2D eigenvalue weighted by atomic mass is 9.96. The van der Waals surface area contributed by atoms with Crippen molar-refractivity contribution in [2.75, 3.05) is 13.1 Å². The number of hydrogen-bond donors (Lipinski definition) is 0. The molecule has 0 aliphatic rings. The van der Waals surface area contributed by atoms with Gasteiger partial charge in [0.05, 0.1) is 10.5 Å². The van der Waals surface area contributed by atoms with Crippen molar-refractivity contribution in [1.82, 2.24) is 4.90 Å². The van der Waals surface area contributed by atoms with Crippen molar-refractivity contribution in [2.24, 2.45) is 11.8 Å². The normalized spacial score (nSPS) is 12.9. The van der Waals surface area contributed by atoms with Gasteiger partial charge in [0, 0.05) is 19.2 Å². The minimum Gasteiger partial charge on any atom is -0.444 e. The van der Waals surface area contributed by atoms with Crippen LogP contribution >= 0.6 is 0 Å². The van der Waals surface area contributed by atoms with E-state index in [4.69, 9.17) is 4.74 Å². The third-order valence-corrected chi connectivity index (χ3v) is 6.09. The molecule has 0 bridgehead atoms. The van der Waals surface area contributed by atoms with Crippen molar-refractivity contribution >= 4 is 11.8 Å². The van der Waals surface area contributed by atoms with Crippen LogP contribution in [0.15, 0.2) is 18.2 Å². The van der Waals surface area contributed by atoms with Gasteiger partial charge in [-0.05, 0) is 43.2 Å². The van der Waals surface area contributed by atoms with Gasteiger partial charge >= 0.3 is 6.09 Å². The van der Waals surface area contributed by atoms with Crippen LogP contribution < -0.4 is 0 Å². The molecule has 0 aliphatic heterocycles. The van der Waals surface area contributed by atoms with Crippen LogP contribution in [-0.4, -0.2) is 29.0 Å². The van der Waals surface area contributed by atoms with E-state index in [1.807, 2.05) is 17.9 Å². The van der Waals surface area contributed by atoms with Crippen molar-refractivity contribution < 1.29 is 14.5 Å². The van der Waals surface area contributed by atoms with E-state index in [9.17, 15) is 14.9 Å². The molecule has 0 radical (unpaired) electrons. The summed E-state index contributed by atoms with van der Waals surface area (Å²) in [5, 5.41) is 11.4. The Balaban J connectivity index is 2.92. The summed E-state index contributed by atoms with van der Waals surface area (Å²) in [6.07, 6.45) is 8.50. The van der Waals surface area contributed by atoms with E-state index in [2.05, 4.69) is 27.7 Å². The fourth-order valence-electron chi connectivity index (χ4n) is 3.88. The molecule has 2 unspecified atom stereocenters. The predicted octanol–water partition coefficient (Wildman–Crippen LogP) is 7.27. The topological polar surface area (TPSA) is 72.7 Å². The van der Waals surface area contributed by atoms with Crippen LogP contribution in [0.2, 0.25) is 0 Å². The molecule has 6 nitrogen and oxygen atoms in total. The van der Waals surface area contributed by atoms with E-state index in [0.717, 1.165) is 56.9 Å². The molecule has 0 saturated heterocycles. The molecule has 0 fully saturated rings. The third kappa shape index (κ3) is 9.70. The number of rotatable bonds is 15. The van der Waals surface area contributed by atoms with Gasteiger partial charge in [0.1, 0.15) is 6.61 Å². The molecular weight excluding hydrogens is 392 g/mol. The minimum absolute atomic E-state index is 0.00288. The largest absolute Gasteiger partial charge is 0.444 e. The standard InChI is InChI=1S/C25H42N2O4/c1-6-10-12-21(8-3)17-26(18-22(9-4)13-11-7-2)25(28)31-19-23-15-14-20(5)16-24(23)27(29)30/h14-16,21-22H,6-13,17-19H2,1-5H3. The van der Waals surface area contributed by atoms with E-state index in [0.29, 0.717) is 30.5 Å². The summed E-state index contributed by atoms with van der Waals surface area (Å²) in [6.45, 7) is 11.8. The Morgan fingerprint density at radius 2 is 1.58 bits per heavy atom. The molecule has 2 atom stereocenters. The second kappa shape index (κ2) is 14.8. The third-order valence-electron chi connectivity index (χ3n) is 6.09. The Labute approximate surface area is 188 Å². The average molecular weight is 435 g/mol. The first-order chi connectivity index (χ1) is 14.9. The van der Waals surface area contributed by atoms with Crippen LogP contribution in [0.3, 0.4) is 0 Å². The molecule has 0 aliphatic carbocycles. The molecule has 0 spiro atoms. The van der Waals surface area contributed by atoms with Gasteiger partial charge in [0.15, 0.2) is 0 Å². The highest BCUT2D eigenvalue weighted by Gasteiger charge is 2.23. The smallest absolute Gasteiger partial charge is 0.410 e. The molecule has 0 saturated carbocycles. The fourth-order valence-corrected chi connectivity index (χ4v) is 3.88. The number of amides is 1. The summed E-state index contributed by atoms with van der Waals surface area (Å²) in [6, 6.07) is 5.01. The molecule has 1 rings (SSSR count). The monoisotopic (exact) mass is 434 g/mol. The lowest BCUT2D eigenvalue weighted by Gasteiger charge is -2.30. The van der Waals surface area contributed by atoms with Crippen molar-refractivity contribution in [3.8, 4) is 0 Å². The Morgan fingerprint density at radius 3 is 2.03 bits per heavy atom. The summed E-state index contributed by atoms with van der Waals surface area (Å²) >= 11 is 0. The summed E-state index contributed by atoms with van der Waals surface area (Å²) in [4.78, 5) is 25.9. The highest BCUT2D eigenvalue weighted by Crippen LogP contribution is 2.23. The summed E-state index contributed by atoms with van der Waals surface area (Å²) < 4.78 is 5.60. The van der Waals surface area contributed by atoms with E-state index in [1.54, 1.807) is 6.07 Å². The molecular formula is C25H42N2O4. The zero-order valence-corrected chi connectivity index (χ0v) is 20.2. The van der Waals surface area contributed by atoms with Crippen LogP contribution in [0.25, 0.3) is 0 Å². The summed E-state index contributed by atoms with van der Waals surface area (Å²) in [5.41, 5.74) is 1.25.